The number of alkyl halides is 1. The Morgan fingerprint density at radius 1 is 1.00 bits per heavy atom. The average molecular weight is 344 g/mol. The molecule has 18 heavy (non-hydrogen) atoms. The molecule has 0 fully saturated rings. The molecule has 1 unspecified atom stereocenters. The predicted octanol–water partition coefficient (Wildman–Crippen LogP) is 6.06. The molecule has 1 atom stereocenters. The zero-order chi connectivity index (χ0) is 13.0. The SMILES string of the molecule is Clc1ccc(CCC(Br)c2ccccc2)c(Cl)c1. The third-order valence-electron chi connectivity index (χ3n) is 2.84. The molecule has 94 valence electrons. The van der Waals surface area contributed by atoms with Crippen LogP contribution in [0.4, 0.5) is 0 Å². The van der Waals surface area contributed by atoms with Crippen LogP contribution in [0.3, 0.4) is 0 Å². The first-order valence-electron chi connectivity index (χ1n) is 5.80. The van der Waals surface area contributed by atoms with Crippen molar-refractivity contribution in [1.29, 1.82) is 0 Å². The third-order valence-corrected chi connectivity index (χ3v) is 4.42. The molecule has 0 amide bonds. The highest BCUT2D eigenvalue weighted by molar-refractivity contribution is 9.09. The molecule has 2 rings (SSSR count). The van der Waals surface area contributed by atoms with Gasteiger partial charge >= 0.3 is 0 Å². The summed E-state index contributed by atoms with van der Waals surface area (Å²) in [7, 11) is 0. The minimum absolute atomic E-state index is 0.352. The second kappa shape index (κ2) is 6.60. The summed E-state index contributed by atoms with van der Waals surface area (Å²) in [6.07, 6.45) is 1.94. The Balaban J connectivity index is 1.99. The fourth-order valence-electron chi connectivity index (χ4n) is 1.84. The lowest BCUT2D eigenvalue weighted by Gasteiger charge is -2.11. The van der Waals surface area contributed by atoms with Crippen LogP contribution in [0.25, 0.3) is 0 Å². The van der Waals surface area contributed by atoms with Crippen LogP contribution in [0.15, 0.2) is 48.5 Å². The normalized spacial score (nSPS) is 12.4. The molecule has 0 bridgehead atoms. The minimum atomic E-state index is 0.352. The topological polar surface area (TPSA) is 0 Å². The summed E-state index contributed by atoms with van der Waals surface area (Å²) in [6, 6.07) is 16.1. The molecule has 0 radical (unpaired) electrons. The Hall–Kier alpha value is -0.500. The molecular formula is C15H13BrCl2. The molecule has 0 nitrogen and oxygen atoms in total. The lowest BCUT2D eigenvalue weighted by Crippen LogP contribution is -1.94. The number of rotatable bonds is 4. The van der Waals surface area contributed by atoms with Gasteiger partial charge in [0.1, 0.15) is 0 Å². The maximum Gasteiger partial charge on any atom is 0.0452 e. The van der Waals surface area contributed by atoms with E-state index < -0.39 is 0 Å². The van der Waals surface area contributed by atoms with Gasteiger partial charge in [-0.05, 0) is 36.1 Å². The van der Waals surface area contributed by atoms with Gasteiger partial charge in [0.25, 0.3) is 0 Å². The molecule has 0 aliphatic carbocycles. The van der Waals surface area contributed by atoms with E-state index in [0.717, 1.165) is 23.4 Å². The zero-order valence-corrected chi connectivity index (χ0v) is 12.8. The molecule has 0 heterocycles. The molecule has 0 N–H and O–H groups in total. The van der Waals surface area contributed by atoms with E-state index in [-0.39, 0.29) is 0 Å². The number of aryl methyl sites for hydroxylation is 1. The zero-order valence-electron chi connectivity index (χ0n) is 9.74. The van der Waals surface area contributed by atoms with Crippen molar-refractivity contribution < 1.29 is 0 Å². The fraction of sp³-hybridized carbons (Fsp3) is 0.200. The molecular weight excluding hydrogens is 331 g/mol. The van der Waals surface area contributed by atoms with Gasteiger partial charge in [-0.15, -0.1) is 0 Å². The summed E-state index contributed by atoms with van der Waals surface area (Å²) in [5, 5.41) is 1.43. The molecule has 0 aliphatic rings. The number of hydrogen-bond donors (Lipinski definition) is 0. The van der Waals surface area contributed by atoms with Gasteiger partial charge in [-0.1, -0.05) is 75.5 Å². The number of benzene rings is 2. The molecule has 3 heteroatoms. The van der Waals surface area contributed by atoms with Gasteiger partial charge in [-0.3, -0.25) is 0 Å². The highest BCUT2D eigenvalue weighted by atomic mass is 79.9. The Kier molecular flexibility index (Phi) is 5.11. The molecule has 0 saturated carbocycles. The lowest BCUT2D eigenvalue weighted by molar-refractivity contribution is 0.813. The van der Waals surface area contributed by atoms with Crippen molar-refractivity contribution in [2.75, 3.05) is 0 Å². The van der Waals surface area contributed by atoms with Crippen molar-refractivity contribution in [2.24, 2.45) is 0 Å². The van der Waals surface area contributed by atoms with Gasteiger partial charge in [0, 0.05) is 14.9 Å². The van der Waals surface area contributed by atoms with Crippen molar-refractivity contribution in [3.05, 3.63) is 69.7 Å². The van der Waals surface area contributed by atoms with Crippen LogP contribution >= 0.6 is 39.1 Å². The predicted molar refractivity (Wildman–Crippen MR) is 82.9 cm³/mol. The molecule has 0 spiro atoms. The lowest BCUT2D eigenvalue weighted by atomic mass is 10.0. The van der Waals surface area contributed by atoms with Crippen LogP contribution < -0.4 is 0 Å². The third kappa shape index (κ3) is 3.74. The molecule has 2 aromatic carbocycles. The monoisotopic (exact) mass is 342 g/mol. The average Bonchev–Trinajstić information content (AvgIpc) is 2.38. The largest absolute Gasteiger partial charge is 0.0843 e. The summed E-state index contributed by atoms with van der Waals surface area (Å²) < 4.78 is 0. The van der Waals surface area contributed by atoms with Crippen LogP contribution in [-0.4, -0.2) is 0 Å². The van der Waals surface area contributed by atoms with E-state index in [1.54, 1.807) is 6.07 Å². The Morgan fingerprint density at radius 2 is 1.72 bits per heavy atom. The summed E-state index contributed by atoms with van der Waals surface area (Å²) in [6.45, 7) is 0. The molecule has 0 aromatic heterocycles. The van der Waals surface area contributed by atoms with E-state index in [1.165, 1.54) is 5.56 Å². The summed E-state index contributed by atoms with van der Waals surface area (Å²) >= 11 is 15.8. The molecule has 0 aliphatic heterocycles. The van der Waals surface area contributed by atoms with Crippen molar-refractivity contribution in [2.45, 2.75) is 17.7 Å². The number of hydrogen-bond acceptors (Lipinski definition) is 0. The van der Waals surface area contributed by atoms with Crippen molar-refractivity contribution in [1.82, 2.24) is 0 Å². The number of halogens is 3. The first-order valence-corrected chi connectivity index (χ1v) is 7.47. The van der Waals surface area contributed by atoms with Gasteiger partial charge in [0.05, 0.1) is 0 Å². The Labute approximate surface area is 126 Å². The van der Waals surface area contributed by atoms with Gasteiger partial charge in [0.15, 0.2) is 0 Å². The Bertz CT molecular complexity index is 511. The van der Waals surface area contributed by atoms with Crippen LogP contribution in [0.5, 0.6) is 0 Å². The molecule has 0 saturated heterocycles. The van der Waals surface area contributed by atoms with E-state index in [0.29, 0.717) is 9.85 Å². The smallest absolute Gasteiger partial charge is 0.0452 e. The van der Waals surface area contributed by atoms with Gasteiger partial charge in [-0.2, -0.15) is 0 Å². The van der Waals surface area contributed by atoms with Gasteiger partial charge in [0.2, 0.25) is 0 Å². The van der Waals surface area contributed by atoms with Gasteiger partial charge in [-0.25, -0.2) is 0 Å². The Morgan fingerprint density at radius 3 is 2.39 bits per heavy atom. The second-order valence-electron chi connectivity index (χ2n) is 4.15. The highest BCUT2D eigenvalue weighted by Crippen LogP contribution is 2.30. The fourth-order valence-corrected chi connectivity index (χ4v) is 2.87. The van der Waals surface area contributed by atoms with Crippen molar-refractivity contribution in [3.8, 4) is 0 Å². The summed E-state index contributed by atoms with van der Waals surface area (Å²) in [4.78, 5) is 0.352. The van der Waals surface area contributed by atoms with E-state index >= 15 is 0 Å². The maximum absolute atomic E-state index is 6.16. The van der Waals surface area contributed by atoms with Crippen LogP contribution in [0.2, 0.25) is 10.0 Å². The van der Waals surface area contributed by atoms with Crippen LogP contribution in [0.1, 0.15) is 22.4 Å². The van der Waals surface area contributed by atoms with Crippen molar-refractivity contribution >= 4 is 39.1 Å². The molecule has 2 aromatic rings. The van der Waals surface area contributed by atoms with Gasteiger partial charge < -0.3 is 0 Å². The maximum atomic E-state index is 6.16. The first-order chi connectivity index (χ1) is 8.66. The highest BCUT2D eigenvalue weighted by Gasteiger charge is 2.08. The van der Waals surface area contributed by atoms with E-state index in [2.05, 4.69) is 40.2 Å². The quantitative estimate of drug-likeness (QED) is 0.591. The van der Waals surface area contributed by atoms with E-state index in [4.69, 9.17) is 23.2 Å². The van der Waals surface area contributed by atoms with Crippen LogP contribution in [-0.2, 0) is 6.42 Å². The minimum Gasteiger partial charge on any atom is -0.0843 e. The second-order valence-corrected chi connectivity index (χ2v) is 6.10. The first kappa shape index (κ1) is 13.9. The summed E-state index contributed by atoms with van der Waals surface area (Å²) in [5.74, 6) is 0. The van der Waals surface area contributed by atoms with E-state index in [1.807, 2.05) is 18.2 Å². The van der Waals surface area contributed by atoms with Crippen LogP contribution in [0, 0.1) is 0 Å². The standard InChI is InChI=1S/C15H13BrCl2/c16-14(11-4-2-1-3-5-11)9-7-12-6-8-13(17)10-15(12)18/h1-6,8,10,14H,7,9H2. The van der Waals surface area contributed by atoms with Crippen molar-refractivity contribution in [3.63, 3.8) is 0 Å². The summed E-state index contributed by atoms with van der Waals surface area (Å²) in [5.41, 5.74) is 2.43. The van der Waals surface area contributed by atoms with E-state index in [9.17, 15) is 0 Å².